The second-order valence-electron chi connectivity index (χ2n) is 7.42. The van der Waals surface area contributed by atoms with Crippen molar-refractivity contribution in [2.45, 2.75) is 44.7 Å². The molecule has 0 saturated carbocycles. The lowest BCUT2D eigenvalue weighted by Gasteiger charge is -2.20. The van der Waals surface area contributed by atoms with Crippen LogP contribution >= 0.6 is 11.3 Å². The molecule has 0 spiro atoms. The molecule has 158 valence electrons. The minimum absolute atomic E-state index is 0.0332. The number of para-hydroxylation sites is 1. The highest BCUT2D eigenvalue weighted by molar-refractivity contribution is 7.93. The molecule has 1 aliphatic rings. The summed E-state index contributed by atoms with van der Waals surface area (Å²) in [5.74, 6) is -0.211. The van der Waals surface area contributed by atoms with Crippen LogP contribution in [0.25, 0.3) is 0 Å². The van der Waals surface area contributed by atoms with E-state index >= 15 is 0 Å². The molecule has 30 heavy (non-hydrogen) atoms. The smallest absolute Gasteiger partial charge is 0.268 e. The molecule has 0 aliphatic carbocycles. The van der Waals surface area contributed by atoms with Crippen molar-refractivity contribution in [3.05, 3.63) is 63.6 Å². The third-order valence-electron chi connectivity index (χ3n) is 5.35. The monoisotopic (exact) mass is 444 g/mol. The minimum atomic E-state index is -3.77. The van der Waals surface area contributed by atoms with E-state index in [1.807, 2.05) is 48.7 Å². The summed E-state index contributed by atoms with van der Waals surface area (Å²) >= 11 is 1.58. The van der Waals surface area contributed by atoms with Crippen LogP contribution in [0.4, 0.5) is 5.69 Å². The fourth-order valence-electron chi connectivity index (χ4n) is 3.91. The molecule has 1 aliphatic heterocycles. The summed E-state index contributed by atoms with van der Waals surface area (Å²) in [5, 5.41) is 9.28. The Bertz CT molecular complexity index is 1180. The molecule has 0 fully saturated rings. The molecule has 0 bridgehead atoms. The van der Waals surface area contributed by atoms with Crippen molar-refractivity contribution in [2.75, 3.05) is 10.8 Å². The Balaban J connectivity index is 1.57. The lowest BCUT2D eigenvalue weighted by molar-refractivity contribution is -0.122. The van der Waals surface area contributed by atoms with E-state index in [0.717, 1.165) is 10.4 Å². The van der Waals surface area contributed by atoms with Crippen molar-refractivity contribution in [1.29, 1.82) is 0 Å². The Morgan fingerprint density at radius 2 is 2.00 bits per heavy atom. The van der Waals surface area contributed by atoms with E-state index in [1.54, 1.807) is 25.2 Å². The van der Waals surface area contributed by atoms with E-state index in [4.69, 9.17) is 0 Å². The number of benzene rings is 1. The Morgan fingerprint density at radius 3 is 2.73 bits per heavy atom. The number of fused-ring (bicyclic) bond motifs is 1. The normalized spacial score (nSPS) is 14.6. The number of rotatable bonds is 6. The van der Waals surface area contributed by atoms with Gasteiger partial charge in [0.25, 0.3) is 10.0 Å². The number of anilines is 1. The lowest BCUT2D eigenvalue weighted by Crippen LogP contribution is -2.31. The van der Waals surface area contributed by atoms with E-state index in [-0.39, 0.29) is 23.4 Å². The number of thiophene rings is 1. The number of aromatic nitrogens is 2. The van der Waals surface area contributed by atoms with Gasteiger partial charge in [0, 0.05) is 11.4 Å². The van der Waals surface area contributed by atoms with Crippen LogP contribution < -0.4 is 9.62 Å². The van der Waals surface area contributed by atoms with E-state index < -0.39 is 10.0 Å². The summed E-state index contributed by atoms with van der Waals surface area (Å²) in [6.45, 7) is 5.67. The number of hydrogen-bond donors (Lipinski definition) is 1. The van der Waals surface area contributed by atoms with Gasteiger partial charge in [-0.3, -0.25) is 13.8 Å². The van der Waals surface area contributed by atoms with Gasteiger partial charge in [-0.1, -0.05) is 24.3 Å². The van der Waals surface area contributed by atoms with E-state index in [0.29, 0.717) is 30.0 Å². The van der Waals surface area contributed by atoms with Crippen molar-refractivity contribution in [2.24, 2.45) is 0 Å². The van der Waals surface area contributed by atoms with Crippen LogP contribution in [0.5, 0.6) is 0 Å². The number of carbonyl (C=O) groups is 1. The molecule has 3 heterocycles. The molecule has 3 aromatic rings. The van der Waals surface area contributed by atoms with Gasteiger partial charge in [-0.05, 0) is 50.3 Å². The summed E-state index contributed by atoms with van der Waals surface area (Å²) in [4.78, 5) is 13.8. The summed E-state index contributed by atoms with van der Waals surface area (Å²) in [7, 11) is -3.77. The zero-order chi connectivity index (χ0) is 21.5. The molecule has 1 N–H and O–H groups in total. The molecular weight excluding hydrogens is 420 g/mol. The van der Waals surface area contributed by atoms with Crippen LogP contribution in [0.15, 0.2) is 46.7 Å². The van der Waals surface area contributed by atoms with Gasteiger partial charge in [0.2, 0.25) is 5.91 Å². The van der Waals surface area contributed by atoms with Gasteiger partial charge in [-0.15, -0.1) is 11.3 Å². The van der Waals surface area contributed by atoms with Crippen molar-refractivity contribution in [3.8, 4) is 0 Å². The largest absolute Gasteiger partial charge is 0.347 e. The predicted octanol–water partition coefficient (Wildman–Crippen LogP) is 3.19. The van der Waals surface area contributed by atoms with Crippen molar-refractivity contribution in [3.63, 3.8) is 0 Å². The number of sulfonamides is 1. The van der Waals surface area contributed by atoms with E-state index in [2.05, 4.69) is 10.4 Å². The fraction of sp³-hybridized carbons (Fsp3) is 0.333. The van der Waals surface area contributed by atoms with Crippen LogP contribution in [0.2, 0.25) is 0 Å². The summed E-state index contributed by atoms with van der Waals surface area (Å²) < 4.78 is 29.8. The molecule has 0 saturated heterocycles. The summed E-state index contributed by atoms with van der Waals surface area (Å²) in [6, 6.07) is 11.3. The van der Waals surface area contributed by atoms with Gasteiger partial charge in [0.15, 0.2) is 0 Å². The van der Waals surface area contributed by atoms with Gasteiger partial charge < -0.3 is 5.32 Å². The Labute approximate surface area is 180 Å². The highest BCUT2D eigenvalue weighted by Gasteiger charge is 2.35. The maximum atomic E-state index is 13.4. The highest BCUT2D eigenvalue weighted by Crippen LogP contribution is 2.34. The third kappa shape index (κ3) is 3.63. The molecule has 9 heteroatoms. The molecule has 7 nitrogen and oxygen atoms in total. The van der Waals surface area contributed by atoms with Crippen LogP contribution in [-0.4, -0.2) is 30.7 Å². The molecule has 1 amide bonds. The topological polar surface area (TPSA) is 84.3 Å². The van der Waals surface area contributed by atoms with Gasteiger partial charge >= 0.3 is 0 Å². The van der Waals surface area contributed by atoms with Gasteiger partial charge in [-0.25, -0.2) is 8.42 Å². The number of amides is 1. The van der Waals surface area contributed by atoms with Crippen LogP contribution in [0, 0.1) is 13.8 Å². The first kappa shape index (κ1) is 20.6. The number of nitrogens with zero attached hydrogens (tertiary/aromatic N) is 3. The maximum Gasteiger partial charge on any atom is 0.268 e. The van der Waals surface area contributed by atoms with Gasteiger partial charge in [0.05, 0.1) is 23.1 Å². The zero-order valence-corrected chi connectivity index (χ0v) is 18.8. The summed E-state index contributed by atoms with van der Waals surface area (Å²) in [5.41, 5.74) is 2.60. The first-order valence-electron chi connectivity index (χ1n) is 9.76. The Morgan fingerprint density at radius 1 is 1.23 bits per heavy atom. The van der Waals surface area contributed by atoms with Crippen molar-refractivity contribution in [1.82, 2.24) is 15.1 Å². The lowest BCUT2D eigenvalue weighted by atomic mass is 10.2. The first-order chi connectivity index (χ1) is 14.3. The quantitative estimate of drug-likeness (QED) is 0.633. The van der Waals surface area contributed by atoms with E-state index in [1.165, 1.54) is 8.99 Å². The molecular formula is C21H24N4O3S2. The SMILES string of the molecule is Cc1nn(CC(=O)N[C@H](C)c2cccs2)c(C)c1S(=O)(=O)N1CCc2ccccc21. The molecule has 1 atom stereocenters. The van der Waals surface area contributed by atoms with Gasteiger partial charge in [-0.2, -0.15) is 5.10 Å². The van der Waals surface area contributed by atoms with Crippen molar-refractivity contribution >= 4 is 33.0 Å². The molecule has 4 rings (SSSR count). The minimum Gasteiger partial charge on any atom is -0.347 e. The molecule has 0 unspecified atom stereocenters. The Hall–Kier alpha value is -2.65. The average molecular weight is 445 g/mol. The standard InChI is InChI=1S/C21H24N4O3S2/c1-14(19-9-6-12-29-19)22-20(26)13-24-16(3)21(15(2)23-24)30(27,28)25-11-10-17-7-4-5-8-18(17)25/h4-9,12,14H,10-11,13H2,1-3H3,(H,22,26)/t14-/m1/s1. The highest BCUT2D eigenvalue weighted by atomic mass is 32.2. The second kappa shape index (κ2) is 7.88. The average Bonchev–Trinajstić information content (AvgIpc) is 3.41. The van der Waals surface area contributed by atoms with Crippen molar-refractivity contribution < 1.29 is 13.2 Å². The van der Waals surface area contributed by atoms with Crippen LogP contribution in [0.3, 0.4) is 0 Å². The third-order valence-corrected chi connectivity index (χ3v) is 8.47. The first-order valence-corrected chi connectivity index (χ1v) is 12.1. The zero-order valence-electron chi connectivity index (χ0n) is 17.1. The number of carbonyl (C=O) groups excluding carboxylic acids is 1. The second-order valence-corrected chi connectivity index (χ2v) is 10.2. The summed E-state index contributed by atoms with van der Waals surface area (Å²) in [6.07, 6.45) is 0.685. The maximum absolute atomic E-state index is 13.4. The molecule has 1 aromatic carbocycles. The molecule has 2 aromatic heterocycles. The van der Waals surface area contributed by atoms with E-state index in [9.17, 15) is 13.2 Å². The number of hydrogen-bond acceptors (Lipinski definition) is 5. The number of aryl methyl sites for hydroxylation is 1. The van der Waals surface area contributed by atoms with Gasteiger partial charge in [0.1, 0.15) is 11.4 Å². The van der Waals surface area contributed by atoms with Crippen LogP contribution in [-0.2, 0) is 27.8 Å². The predicted molar refractivity (Wildman–Crippen MR) is 117 cm³/mol. The molecule has 0 radical (unpaired) electrons. The fourth-order valence-corrected chi connectivity index (χ4v) is 6.52. The number of nitrogens with one attached hydrogen (secondary N) is 1. The Kier molecular flexibility index (Phi) is 5.42. The van der Waals surface area contributed by atoms with Crippen LogP contribution in [0.1, 0.15) is 34.8 Å².